The van der Waals surface area contributed by atoms with Crippen LogP contribution in [0.2, 0.25) is 0 Å². The van der Waals surface area contributed by atoms with E-state index in [9.17, 15) is 4.79 Å². The molecule has 1 atom stereocenters. The maximum Gasteiger partial charge on any atom is 0.236 e. The fourth-order valence-corrected chi connectivity index (χ4v) is 1.38. The van der Waals surface area contributed by atoms with Crippen molar-refractivity contribution in [3.8, 4) is 6.07 Å². The van der Waals surface area contributed by atoms with Crippen LogP contribution in [0.1, 0.15) is 19.3 Å². The van der Waals surface area contributed by atoms with Crippen LogP contribution in [0.25, 0.3) is 0 Å². The topological polar surface area (TPSA) is 78.9 Å². The minimum Gasteiger partial charge on any atom is -0.355 e. The molecule has 0 heterocycles. The molecule has 80 valence electrons. The Kier molecular flexibility index (Phi) is 8.39. The zero-order valence-electron chi connectivity index (χ0n) is 8.45. The van der Waals surface area contributed by atoms with Crippen molar-refractivity contribution >= 4 is 17.7 Å². The lowest BCUT2D eigenvalue weighted by molar-refractivity contribution is -0.122. The Balaban J connectivity index is 3.47. The summed E-state index contributed by atoms with van der Waals surface area (Å²) < 4.78 is 0. The molecular formula is C9H17N3OS. The predicted octanol–water partition coefficient (Wildman–Crippen LogP) is 0.487. The lowest BCUT2D eigenvalue weighted by Crippen LogP contribution is -2.41. The first-order valence-electron chi connectivity index (χ1n) is 4.61. The second-order valence-corrected chi connectivity index (χ2v) is 3.93. The van der Waals surface area contributed by atoms with E-state index in [1.165, 1.54) is 0 Å². The van der Waals surface area contributed by atoms with E-state index < -0.39 is 6.04 Å². The number of unbranched alkanes of at least 4 members (excludes halogenated alkanes) is 1. The molecule has 0 unspecified atom stereocenters. The van der Waals surface area contributed by atoms with E-state index in [0.29, 0.717) is 25.8 Å². The molecule has 0 saturated carbocycles. The van der Waals surface area contributed by atoms with Gasteiger partial charge in [-0.05, 0) is 24.9 Å². The van der Waals surface area contributed by atoms with Gasteiger partial charge in [-0.15, -0.1) is 0 Å². The molecule has 14 heavy (non-hydrogen) atoms. The van der Waals surface area contributed by atoms with Crippen LogP contribution in [-0.4, -0.2) is 30.5 Å². The minimum atomic E-state index is -0.412. The minimum absolute atomic E-state index is 0.114. The molecule has 4 nitrogen and oxygen atoms in total. The molecule has 0 aliphatic rings. The summed E-state index contributed by atoms with van der Waals surface area (Å²) >= 11 is 1.68. The van der Waals surface area contributed by atoms with Crippen molar-refractivity contribution in [3.63, 3.8) is 0 Å². The van der Waals surface area contributed by atoms with Crippen LogP contribution in [0.5, 0.6) is 0 Å². The fraction of sp³-hybridized carbons (Fsp3) is 0.778. The van der Waals surface area contributed by atoms with Crippen molar-refractivity contribution in [2.24, 2.45) is 5.73 Å². The highest BCUT2D eigenvalue weighted by Gasteiger charge is 2.11. The summed E-state index contributed by atoms with van der Waals surface area (Å²) in [4.78, 5) is 11.3. The first-order chi connectivity index (χ1) is 6.72. The van der Waals surface area contributed by atoms with E-state index in [1.54, 1.807) is 11.8 Å². The van der Waals surface area contributed by atoms with Crippen molar-refractivity contribution in [3.05, 3.63) is 0 Å². The lowest BCUT2D eigenvalue weighted by atomic mass is 10.2. The van der Waals surface area contributed by atoms with Gasteiger partial charge in [-0.25, -0.2) is 0 Å². The predicted molar refractivity (Wildman–Crippen MR) is 58.8 cm³/mol. The number of carbonyl (C=O) groups excluding carboxylic acids is 1. The van der Waals surface area contributed by atoms with Gasteiger partial charge < -0.3 is 11.1 Å². The number of hydrogen-bond donors (Lipinski definition) is 2. The first kappa shape index (κ1) is 13.3. The van der Waals surface area contributed by atoms with E-state index >= 15 is 0 Å². The van der Waals surface area contributed by atoms with Gasteiger partial charge in [-0.2, -0.15) is 17.0 Å². The quantitative estimate of drug-likeness (QED) is 0.606. The third-order valence-electron chi connectivity index (χ3n) is 1.73. The lowest BCUT2D eigenvalue weighted by Gasteiger charge is -2.10. The Morgan fingerprint density at radius 3 is 3.00 bits per heavy atom. The zero-order valence-corrected chi connectivity index (χ0v) is 9.27. The molecular weight excluding hydrogens is 198 g/mol. The highest BCUT2D eigenvalue weighted by atomic mass is 32.2. The first-order valence-corrected chi connectivity index (χ1v) is 6.01. The number of thioether (sulfide) groups is 1. The second kappa shape index (κ2) is 8.85. The number of nitrogens with zero attached hydrogens (tertiary/aromatic N) is 1. The highest BCUT2D eigenvalue weighted by Crippen LogP contribution is 1.98. The van der Waals surface area contributed by atoms with Gasteiger partial charge in [0.2, 0.25) is 5.91 Å². The average molecular weight is 215 g/mol. The molecule has 1 amide bonds. The molecule has 0 aliphatic heterocycles. The van der Waals surface area contributed by atoms with Gasteiger partial charge in [-0.3, -0.25) is 4.79 Å². The standard InChI is InChI=1S/C9H17N3OS/c1-14-7-4-8(11)9(13)12-6-3-2-5-10/h8H,2-4,6-7,11H2,1H3,(H,12,13)/t8-/m0/s1. The van der Waals surface area contributed by atoms with Gasteiger partial charge in [0.15, 0.2) is 0 Å². The van der Waals surface area contributed by atoms with E-state index in [1.807, 2.05) is 12.3 Å². The summed E-state index contributed by atoms with van der Waals surface area (Å²) in [6.45, 7) is 0.541. The van der Waals surface area contributed by atoms with Gasteiger partial charge >= 0.3 is 0 Å². The molecule has 0 radical (unpaired) electrons. The number of nitriles is 1. The van der Waals surface area contributed by atoms with Gasteiger partial charge in [-0.1, -0.05) is 0 Å². The van der Waals surface area contributed by atoms with Crippen molar-refractivity contribution in [2.75, 3.05) is 18.6 Å². The van der Waals surface area contributed by atoms with E-state index in [0.717, 1.165) is 5.75 Å². The summed E-state index contributed by atoms with van der Waals surface area (Å²) in [5.74, 6) is 0.782. The van der Waals surface area contributed by atoms with Gasteiger partial charge in [0.1, 0.15) is 0 Å². The number of carbonyl (C=O) groups is 1. The third kappa shape index (κ3) is 6.75. The Labute approximate surface area is 89.2 Å². The molecule has 0 rings (SSSR count). The number of amides is 1. The molecule has 0 bridgehead atoms. The Morgan fingerprint density at radius 1 is 1.71 bits per heavy atom. The smallest absolute Gasteiger partial charge is 0.236 e. The molecule has 0 aromatic carbocycles. The summed E-state index contributed by atoms with van der Waals surface area (Å²) in [6.07, 6.45) is 3.85. The van der Waals surface area contributed by atoms with Crippen LogP contribution in [0.3, 0.4) is 0 Å². The summed E-state index contributed by atoms with van der Waals surface area (Å²) in [6, 6.07) is 1.61. The van der Waals surface area contributed by atoms with E-state index in [2.05, 4.69) is 5.32 Å². The fourth-order valence-electron chi connectivity index (χ4n) is 0.886. The van der Waals surface area contributed by atoms with Crippen LogP contribution in [-0.2, 0) is 4.79 Å². The van der Waals surface area contributed by atoms with Gasteiger partial charge in [0.05, 0.1) is 12.1 Å². The maximum absolute atomic E-state index is 11.3. The van der Waals surface area contributed by atoms with Gasteiger partial charge in [0.25, 0.3) is 0 Å². The Morgan fingerprint density at radius 2 is 2.43 bits per heavy atom. The number of nitrogens with one attached hydrogen (secondary N) is 1. The highest BCUT2D eigenvalue weighted by molar-refractivity contribution is 7.98. The van der Waals surface area contributed by atoms with Crippen LogP contribution in [0.15, 0.2) is 0 Å². The molecule has 3 N–H and O–H groups in total. The Hall–Kier alpha value is -0.730. The summed E-state index contributed by atoms with van der Waals surface area (Å²) in [5.41, 5.74) is 5.63. The zero-order chi connectivity index (χ0) is 10.8. The maximum atomic E-state index is 11.3. The second-order valence-electron chi connectivity index (χ2n) is 2.94. The number of rotatable bonds is 7. The van der Waals surface area contributed by atoms with E-state index in [4.69, 9.17) is 11.0 Å². The van der Waals surface area contributed by atoms with Crippen LogP contribution in [0.4, 0.5) is 0 Å². The van der Waals surface area contributed by atoms with Crippen LogP contribution < -0.4 is 11.1 Å². The average Bonchev–Trinajstić information content (AvgIpc) is 2.20. The van der Waals surface area contributed by atoms with Crippen molar-refractivity contribution < 1.29 is 4.79 Å². The molecule has 5 heteroatoms. The number of hydrogen-bond acceptors (Lipinski definition) is 4. The molecule has 0 spiro atoms. The normalized spacial score (nSPS) is 11.8. The molecule has 0 aliphatic carbocycles. The van der Waals surface area contributed by atoms with E-state index in [-0.39, 0.29) is 5.91 Å². The SMILES string of the molecule is CSCC[C@H](N)C(=O)NCCCC#N. The van der Waals surface area contributed by atoms with Crippen LogP contribution >= 0.6 is 11.8 Å². The summed E-state index contributed by atoms with van der Waals surface area (Å²) in [7, 11) is 0. The summed E-state index contributed by atoms with van der Waals surface area (Å²) in [5, 5.41) is 11.0. The largest absolute Gasteiger partial charge is 0.355 e. The molecule has 0 aromatic heterocycles. The molecule has 0 saturated heterocycles. The van der Waals surface area contributed by atoms with Crippen LogP contribution in [0, 0.1) is 11.3 Å². The van der Waals surface area contributed by atoms with Gasteiger partial charge in [0, 0.05) is 13.0 Å². The third-order valence-corrected chi connectivity index (χ3v) is 2.38. The molecule has 0 fully saturated rings. The molecule has 0 aromatic rings. The van der Waals surface area contributed by atoms with Crippen molar-refractivity contribution in [1.82, 2.24) is 5.32 Å². The monoisotopic (exact) mass is 215 g/mol. The van der Waals surface area contributed by atoms with Crippen molar-refractivity contribution in [2.45, 2.75) is 25.3 Å². The van der Waals surface area contributed by atoms with Crippen molar-refractivity contribution in [1.29, 1.82) is 5.26 Å². The number of nitrogens with two attached hydrogens (primary N) is 1. The Bertz CT molecular complexity index is 203.